The monoisotopic (exact) mass is 1260 g/mol. The zero-order chi connectivity index (χ0) is 67.5. The number of carboxylic acid groups (broad SMARTS) is 1. The number of likely N-dealkylation sites (tertiary alicyclic amines) is 1. The predicted molar refractivity (Wildman–Crippen MR) is 341 cm³/mol. The lowest BCUT2D eigenvalue weighted by molar-refractivity contribution is -0.148. The van der Waals surface area contributed by atoms with Crippen LogP contribution in [0, 0.1) is 29.6 Å². The Morgan fingerprint density at radius 2 is 1.32 bits per heavy atom. The zero-order valence-electron chi connectivity index (χ0n) is 55.1. The molecule has 3 rings (SSSR count). The first-order valence-corrected chi connectivity index (χ1v) is 31.4. The molecule has 10 amide bonds. The van der Waals surface area contributed by atoms with Crippen molar-refractivity contribution >= 4 is 65.1 Å². The molecule has 1 saturated heterocycles. The number of nitrogens with zero attached hydrogens (tertiary/aromatic N) is 3. The molecule has 0 aromatic heterocycles. The highest BCUT2D eigenvalue weighted by Crippen LogP contribution is 2.30. The lowest BCUT2D eigenvalue weighted by atomic mass is 9.89. The summed E-state index contributed by atoms with van der Waals surface area (Å²) >= 11 is 0. The molecular formula is C64H104N12O14. The Hall–Kier alpha value is -7.42. The van der Waals surface area contributed by atoms with E-state index >= 15 is 0 Å². The highest BCUT2D eigenvalue weighted by Gasteiger charge is 2.44. The highest BCUT2D eigenvalue weighted by molar-refractivity contribution is 5.99. The molecular weight excluding hydrogens is 1160 g/mol. The van der Waals surface area contributed by atoms with Crippen LogP contribution in [0.25, 0.3) is 0 Å². The Morgan fingerprint density at radius 1 is 0.700 bits per heavy atom. The van der Waals surface area contributed by atoms with Gasteiger partial charge in [-0.25, -0.2) is 14.4 Å². The number of hydrogen-bond acceptors (Lipinski definition) is 15. The summed E-state index contributed by atoms with van der Waals surface area (Å²) in [5.41, 5.74) is 18.5. The maximum absolute atomic E-state index is 14.8. The Kier molecular flexibility index (Phi) is 32.7. The SMILES string of the molecule is CC[C@H](C)[C@@H]([C@@H](CC(=O)N1CCC[C@H]1[C@H](OC)[C@@H](C)C(=O)N[C@@H](Cc1ccccc1)C(=O)O)OC)N(C)C(=O)[C@@H](NC(=O)[C@H](C(C)C)N(C)C(=O)OCc1ccc(NC(=O)C(CCCNC(N)=O)NC(=O)[C@@H](NC(=O)C(N)CCCCN)C(C)C)cc1)C(C)C. The van der Waals surface area contributed by atoms with E-state index in [1.54, 1.807) is 109 Å². The Bertz CT molecular complexity index is 2650. The summed E-state index contributed by atoms with van der Waals surface area (Å²) in [7, 11) is 5.98. The van der Waals surface area contributed by atoms with Gasteiger partial charge in [0.05, 0.1) is 42.7 Å². The molecule has 1 aliphatic heterocycles. The van der Waals surface area contributed by atoms with Gasteiger partial charge in [0.15, 0.2) is 0 Å². The molecule has 0 aliphatic carbocycles. The molecule has 0 radical (unpaired) electrons. The number of anilines is 1. The smallest absolute Gasteiger partial charge is 0.410 e. The van der Waals surface area contributed by atoms with Crippen LogP contribution in [0.2, 0.25) is 0 Å². The fourth-order valence-corrected chi connectivity index (χ4v) is 11.3. The second-order valence-electron chi connectivity index (χ2n) is 24.6. The van der Waals surface area contributed by atoms with E-state index in [0.29, 0.717) is 62.9 Å². The average Bonchev–Trinajstić information content (AvgIpc) is 1.52. The minimum Gasteiger partial charge on any atom is -0.480 e. The fourth-order valence-electron chi connectivity index (χ4n) is 11.3. The van der Waals surface area contributed by atoms with E-state index in [4.69, 9.17) is 31.4 Å². The van der Waals surface area contributed by atoms with Crippen LogP contribution in [0.4, 0.5) is 15.3 Å². The third-order valence-corrected chi connectivity index (χ3v) is 16.7. The van der Waals surface area contributed by atoms with Gasteiger partial charge in [-0.3, -0.25) is 38.5 Å². The molecule has 13 N–H and O–H groups in total. The first-order chi connectivity index (χ1) is 42.5. The Morgan fingerprint density at radius 3 is 1.88 bits per heavy atom. The van der Waals surface area contributed by atoms with Crippen molar-refractivity contribution in [3.05, 3.63) is 65.7 Å². The maximum atomic E-state index is 14.8. The molecule has 90 heavy (non-hydrogen) atoms. The third kappa shape index (κ3) is 23.4. The van der Waals surface area contributed by atoms with Gasteiger partial charge < -0.3 is 78.2 Å². The molecule has 1 heterocycles. The minimum absolute atomic E-state index is 0.0791. The van der Waals surface area contributed by atoms with Crippen LogP contribution in [-0.4, -0.2) is 188 Å². The zero-order valence-corrected chi connectivity index (χ0v) is 55.1. The number of likely N-dealkylation sites (N-methyl/N-ethyl adjacent to an activating group) is 2. The quantitative estimate of drug-likeness (QED) is 0.0429. The number of carbonyl (C=O) groups excluding carboxylic acids is 9. The van der Waals surface area contributed by atoms with Gasteiger partial charge in [-0.1, -0.05) is 118 Å². The van der Waals surface area contributed by atoms with E-state index in [9.17, 15) is 53.1 Å². The normalized spacial score (nSPS) is 16.8. The highest BCUT2D eigenvalue weighted by atomic mass is 16.6. The van der Waals surface area contributed by atoms with Crippen LogP contribution in [0.1, 0.15) is 131 Å². The summed E-state index contributed by atoms with van der Waals surface area (Å²) < 4.78 is 17.7. The van der Waals surface area contributed by atoms with Crippen molar-refractivity contribution < 1.29 is 67.3 Å². The number of nitrogens with one attached hydrogen (secondary N) is 6. The second kappa shape index (κ2) is 38.3. The molecule has 0 spiro atoms. The van der Waals surface area contributed by atoms with Gasteiger partial charge in [-0.05, 0) is 92.0 Å². The molecule has 2 aromatic carbocycles. The largest absolute Gasteiger partial charge is 0.480 e. The number of aliphatic carboxylic acids is 1. The first kappa shape index (κ1) is 76.8. The second-order valence-corrected chi connectivity index (χ2v) is 24.6. The topological polar surface area (TPSA) is 379 Å². The van der Waals surface area contributed by atoms with Crippen molar-refractivity contribution in [3.63, 3.8) is 0 Å². The van der Waals surface area contributed by atoms with E-state index in [0.717, 1.165) is 5.56 Å². The Labute approximate surface area is 531 Å². The van der Waals surface area contributed by atoms with Crippen LogP contribution in [0.15, 0.2) is 54.6 Å². The van der Waals surface area contributed by atoms with Crippen molar-refractivity contribution in [2.75, 3.05) is 53.3 Å². The number of methoxy groups -OCH3 is 2. The molecule has 2 aromatic rings. The molecule has 0 bridgehead atoms. The first-order valence-electron chi connectivity index (χ1n) is 31.4. The van der Waals surface area contributed by atoms with E-state index in [2.05, 4.69) is 31.9 Å². The summed E-state index contributed by atoms with van der Waals surface area (Å²) in [4.78, 5) is 139. The van der Waals surface area contributed by atoms with Gasteiger partial charge in [0.2, 0.25) is 41.4 Å². The van der Waals surface area contributed by atoms with E-state index in [1.165, 1.54) is 31.1 Å². The predicted octanol–water partition coefficient (Wildman–Crippen LogP) is 3.62. The number of urea groups is 1. The van der Waals surface area contributed by atoms with Crippen LogP contribution in [-0.2, 0) is 65.6 Å². The van der Waals surface area contributed by atoms with Gasteiger partial charge in [0.1, 0.15) is 36.8 Å². The van der Waals surface area contributed by atoms with E-state index in [1.807, 2.05) is 19.9 Å². The number of nitrogens with two attached hydrogens (primary N) is 3. The molecule has 26 nitrogen and oxygen atoms in total. The number of unbranched alkanes of at least 4 members (excludes halogenated alkanes) is 1. The van der Waals surface area contributed by atoms with Crippen molar-refractivity contribution in [1.29, 1.82) is 0 Å². The summed E-state index contributed by atoms with van der Waals surface area (Å²) in [5.74, 6) is -7.02. The summed E-state index contributed by atoms with van der Waals surface area (Å²) in [6.45, 7) is 16.9. The summed E-state index contributed by atoms with van der Waals surface area (Å²) in [6.07, 6.45) is 1.36. The Balaban J connectivity index is 1.72. The van der Waals surface area contributed by atoms with Gasteiger partial charge >= 0.3 is 18.1 Å². The van der Waals surface area contributed by atoms with E-state index < -0.39 is 132 Å². The van der Waals surface area contributed by atoms with Gasteiger partial charge in [0.25, 0.3) is 0 Å². The summed E-state index contributed by atoms with van der Waals surface area (Å²) in [5, 5.41) is 26.3. The lowest BCUT2D eigenvalue weighted by Crippen LogP contribution is -2.60. The molecule has 26 heteroatoms. The molecule has 12 atom stereocenters. The number of ether oxygens (including phenoxy) is 3. The molecule has 1 fully saturated rings. The van der Waals surface area contributed by atoms with Crippen LogP contribution < -0.4 is 49.1 Å². The number of hydrogen-bond donors (Lipinski definition) is 10. The standard InChI is InChI=1S/C64H104N12O14/c1-14-40(8)54(49(88-12)35-50(77)76-33-21-26-48(76)55(89-13)41(9)56(78)71-47(62(84)85)34-42-22-16-15-17-23-42)74(10)61(83)52(38(4)5)73-60(82)53(39(6)7)75(11)64(87)90-36-43-27-29-44(30-28-43)69-58(80)46(25-20-32-68-63(67)86)70-59(81)51(37(2)3)72-57(79)45(66)24-18-19-31-65/h15-17,22-23,27-30,37-41,45-49,51-55H,14,18-21,24-26,31-36,65-66H2,1-13H3,(H,69,80)(H,70,81)(H,71,78)(H,72,79)(H,73,82)(H,84,85)(H3,67,68,86)/t40-,41+,45?,46?,47-,48-,49+,51-,52-,53-,54-,55+/m0/s1. The van der Waals surface area contributed by atoms with Crippen molar-refractivity contribution in [2.45, 2.75) is 194 Å². The summed E-state index contributed by atoms with van der Waals surface area (Å²) in [6, 6.07) is 7.10. The van der Waals surface area contributed by atoms with Crippen LogP contribution in [0.3, 0.4) is 0 Å². The van der Waals surface area contributed by atoms with Crippen molar-refractivity contribution in [2.24, 2.45) is 46.8 Å². The van der Waals surface area contributed by atoms with Crippen LogP contribution in [0.5, 0.6) is 0 Å². The fraction of sp³-hybridized carbons (Fsp3) is 0.656. The average molecular weight is 1270 g/mol. The molecule has 2 unspecified atom stereocenters. The lowest BCUT2D eigenvalue weighted by Gasteiger charge is -2.41. The maximum Gasteiger partial charge on any atom is 0.410 e. The van der Waals surface area contributed by atoms with Crippen LogP contribution >= 0.6 is 0 Å². The van der Waals surface area contributed by atoms with E-state index in [-0.39, 0.29) is 56.6 Å². The third-order valence-electron chi connectivity index (χ3n) is 16.7. The molecule has 0 saturated carbocycles. The van der Waals surface area contributed by atoms with Gasteiger partial charge in [0, 0.05) is 53.5 Å². The number of carboxylic acids is 1. The number of benzene rings is 2. The molecule has 1 aliphatic rings. The number of primary amides is 1. The number of amides is 10. The molecule has 504 valence electrons. The van der Waals surface area contributed by atoms with Gasteiger partial charge in [-0.15, -0.1) is 0 Å². The number of carbonyl (C=O) groups is 10. The minimum atomic E-state index is -1.19. The van der Waals surface area contributed by atoms with Gasteiger partial charge in [-0.2, -0.15) is 0 Å². The van der Waals surface area contributed by atoms with Crippen molar-refractivity contribution in [1.82, 2.24) is 41.3 Å². The number of rotatable bonds is 38. The van der Waals surface area contributed by atoms with Crippen molar-refractivity contribution in [3.8, 4) is 0 Å².